The number of nitriles is 1. The van der Waals surface area contributed by atoms with Gasteiger partial charge in [-0.2, -0.15) is 5.26 Å². The number of carbonyl (C=O) groups is 1. The standard InChI is InChI=1S/C18H11BrFNO/c19-15(10-13-6-2-1-3-7-13)11-14(12-21)18(22)16-8-4-5-9-17(16)20/h1-11H/b14-11+,15-10-. The maximum Gasteiger partial charge on any atom is 0.206 e. The molecule has 2 rings (SSSR count). The second kappa shape index (κ2) is 7.48. The van der Waals surface area contributed by atoms with E-state index in [1.54, 1.807) is 12.1 Å². The molecule has 0 heterocycles. The van der Waals surface area contributed by atoms with Gasteiger partial charge in [-0.3, -0.25) is 4.79 Å². The molecule has 0 aromatic heterocycles. The molecule has 0 unspecified atom stereocenters. The lowest BCUT2D eigenvalue weighted by atomic mass is 10.0. The third-order valence-corrected chi connectivity index (χ3v) is 3.33. The van der Waals surface area contributed by atoms with Gasteiger partial charge in [0.2, 0.25) is 5.78 Å². The topological polar surface area (TPSA) is 40.9 Å². The van der Waals surface area contributed by atoms with Crippen LogP contribution in [0.4, 0.5) is 4.39 Å². The highest BCUT2D eigenvalue weighted by molar-refractivity contribution is 9.12. The molecule has 4 heteroatoms. The number of allylic oxidation sites excluding steroid dienone is 3. The number of hydrogen-bond acceptors (Lipinski definition) is 2. The molecular weight excluding hydrogens is 345 g/mol. The average Bonchev–Trinajstić information content (AvgIpc) is 2.53. The van der Waals surface area contributed by atoms with Crippen molar-refractivity contribution >= 4 is 27.8 Å². The van der Waals surface area contributed by atoms with Gasteiger partial charge >= 0.3 is 0 Å². The Hall–Kier alpha value is -2.51. The van der Waals surface area contributed by atoms with Crippen LogP contribution in [0.25, 0.3) is 6.08 Å². The van der Waals surface area contributed by atoms with E-state index < -0.39 is 11.6 Å². The van der Waals surface area contributed by atoms with Gasteiger partial charge in [0.05, 0.1) is 5.56 Å². The molecule has 0 aliphatic heterocycles. The summed E-state index contributed by atoms with van der Waals surface area (Å²) in [5, 5.41) is 9.15. The fourth-order valence-electron chi connectivity index (χ4n) is 1.83. The zero-order chi connectivity index (χ0) is 15.9. The van der Waals surface area contributed by atoms with E-state index in [0.29, 0.717) is 4.48 Å². The maximum atomic E-state index is 13.6. The average molecular weight is 356 g/mol. The van der Waals surface area contributed by atoms with Crippen molar-refractivity contribution in [2.24, 2.45) is 0 Å². The Balaban J connectivity index is 2.32. The fraction of sp³-hybridized carbons (Fsp3) is 0. The normalized spacial score (nSPS) is 11.9. The summed E-state index contributed by atoms with van der Waals surface area (Å²) in [4.78, 5) is 12.2. The molecular formula is C18H11BrFNO. The number of ketones is 1. The number of benzene rings is 2. The monoisotopic (exact) mass is 355 g/mol. The summed E-state index contributed by atoms with van der Waals surface area (Å²) in [6.07, 6.45) is 3.16. The summed E-state index contributed by atoms with van der Waals surface area (Å²) in [5.74, 6) is -1.28. The van der Waals surface area contributed by atoms with Gasteiger partial charge in [0.15, 0.2) is 0 Å². The highest BCUT2D eigenvalue weighted by Crippen LogP contribution is 2.18. The summed E-state index contributed by atoms with van der Waals surface area (Å²) >= 11 is 3.30. The Bertz CT molecular complexity index is 788. The Morgan fingerprint density at radius 2 is 1.73 bits per heavy atom. The summed E-state index contributed by atoms with van der Waals surface area (Å²) in [6, 6.07) is 16.8. The highest BCUT2D eigenvalue weighted by Gasteiger charge is 2.15. The quantitative estimate of drug-likeness (QED) is 0.339. The van der Waals surface area contributed by atoms with Crippen molar-refractivity contribution in [1.82, 2.24) is 0 Å². The molecule has 0 fully saturated rings. The van der Waals surface area contributed by atoms with E-state index in [2.05, 4.69) is 15.9 Å². The summed E-state index contributed by atoms with van der Waals surface area (Å²) in [6.45, 7) is 0. The number of carbonyl (C=O) groups excluding carboxylic acids is 1. The van der Waals surface area contributed by atoms with E-state index >= 15 is 0 Å². The van der Waals surface area contributed by atoms with Gasteiger partial charge in [-0.15, -0.1) is 0 Å². The van der Waals surface area contributed by atoms with Crippen molar-refractivity contribution in [3.8, 4) is 6.07 Å². The first kappa shape index (κ1) is 15.9. The second-order valence-electron chi connectivity index (χ2n) is 4.42. The SMILES string of the molecule is N#C/C(=C\C(Br)=C\c1ccccc1)C(=O)c1ccccc1F. The van der Waals surface area contributed by atoms with Crippen molar-refractivity contribution in [1.29, 1.82) is 5.26 Å². The number of Topliss-reactive ketones (excluding diaryl/α,β-unsaturated/α-hetero) is 1. The minimum Gasteiger partial charge on any atom is -0.288 e. The Labute approximate surface area is 136 Å². The van der Waals surface area contributed by atoms with Crippen LogP contribution in [0.2, 0.25) is 0 Å². The van der Waals surface area contributed by atoms with Crippen LogP contribution in [-0.4, -0.2) is 5.78 Å². The molecule has 0 atom stereocenters. The van der Waals surface area contributed by atoms with Gasteiger partial charge in [-0.1, -0.05) is 58.4 Å². The lowest BCUT2D eigenvalue weighted by Crippen LogP contribution is -2.04. The van der Waals surface area contributed by atoms with E-state index in [0.717, 1.165) is 5.56 Å². The third-order valence-electron chi connectivity index (χ3n) is 2.87. The van der Waals surface area contributed by atoms with Crippen LogP contribution in [0, 0.1) is 17.1 Å². The van der Waals surface area contributed by atoms with E-state index in [1.165, 1.54) is 24.3 Å². The third kappa shape index (κ3) is 4.00. The Kier molecular flexibility index (Phi) is 5.40. The summed E-state index contributed by atoms with van der Waals surface area (Å²) in [5.41, 5.74) is 0.667. The molecule has 108 valence electrons. The first-order chi connectivity index (χ1) is 10.6. The lowest BCUT2D eigenvalue weighted by molar-refractivity contribution is 0.103. The van der Waals surface area contributed by atoms with Crippen molar-refractivity contribution < 1.29 is 9.18 Å². The molecule has 2 aromatic rings. The second-order valence-corrected chi connectivity index (χ2v) is 5.33. The van der Waals surface area contributed by atoms with Crippen molar-refractivity contribution in [2.75, 3.05) is 0 Å². The number of halogens is 2. The van der Waals surface area contributed by atoms with Crippen molar-refractivity contribution in [3.63, 3.8) is 0 Å². The molecule has 22 heavy (non-hydrogen) atoms. The minimum absolute atomic E-state index is 0.115. The van der Waals surface area contributed by atoms with Crippen LogP contribution in [0.1, 0.15) is 15.9 Å². The van der Waals surface area contributed by atoms with Crippen LogP contribution in [0.3, 0.4) is 0 Å². The summed E-state index contributed by atoms with van der Waals surface area (Å²) < 4.78 is 14.2. The highest BCUT2D eigenvalue weighted by atomic mass is 79.9. The van der Waals surface area contributed by atoms with Gasteiger partial charge < -0.3 is 0 Å². The van der Waals surface area contributed by atoms with Gasteiger partial charge in [0.1, 0.15) is 17.5 Å². The molecule has 0 spiro atoms. The molecule has 0 saturated carbocycles. The Morgan fingerprint density at radius 1 is 1.09 bits per heavy atom. The molecule has 0 aliphatic carbocycles. The molecule has 2 aromatic carbocycles. The van der Waals surface area contributed by atoms with Crippen molar-refractivity contribution in [2.45, 2.75) is 0 Å². The predicted molar refractivity (Wildman–Crippen MR) is 87.8 cm³/mol. The van der Waals surface area contributed by atoms with Crippen LogP contribution < -0.4 is 0 Å². The molecule has 0 N–H and O–H groups in total. The molecule has 0 amide bonds. The first-order valence-corrected chi connectivity index (χ1v) is 7.24. The molecule has 0 saturated heterocycles. The maximum absolute atomic E-state index is 13.6. The van der Waals surface area contributed by atoms with E-state index in [4.69, 9.17) is 5.26 Å². The first-order valence-electron chi connectivity index (χ1n) is 6.45. The summed E-state index contributed by atoms with van der Waals surface area (Å²) in [7, 11) is 0. The van der Waals surface area contributed by atoms with Crippen LogP contribution in [0.15, 0.2) is 70.7 Å². The Morgan fingerprint density at radius 3 is 2.36 bits per heavy atom. The van der Waals surface area contributed by atoms with E-state index in [1.807, 2.05) is 36.4 Å². The van der Waals surface area contributed by atoms with Crippen LogP contribution in [0.5, 0.6) is 0 Å². The van der Waals surface area contributed by atoms with Gasteiger partial charge in [0.25, 0.3) is 0 Å². The van der Waals surface area contributed by atoms with Crippen molar-refractivity contribution in [3.05, 3.63) is 87.7 Å². The van der Waals surface area contributed by atoms with Gasteiger partial charge in [-0.25, -0.2) is 4.39 Å². The lowest BCUT2D eigenvalue weighted by Gasteiger charge is -2.01. The minimum atomic E-state index is -0.642. The molecule has 0 aliphatic rings. The molecule has 0 radical (unpaired) electrons. The van der Waals surface area contributed by atoms with E-state index in [-0.39, 0.29) is 11.1 Å². The molecule has 0 bridgehead atoms. The smallest absolute Gasteiger partial charge is 0.206 e. The van der Waals surface area contributed by atoms with Gasteiger partial charge in [-0.05, 0) is 29.8 Å². The van der Waals surface area contributed by atoms with E-state index in [9.17, 15) is 9.18 Å². The number of rotatable bonds is 4. The van der Waals surface area contributed by atoms with Crippen LogP contribution >= 0.6 is 15.9 Å². The molecule has 2 nitrogen and oxygen atoms in total. The predicted octanol–water partition coefficient (Wildman–Crippen LogP) is 4.89. The zero-order valence-electron chi connectivity index (χ0n) is 11.5. The number of hydrogen-bond donors (Lipinski definition) is 0. The largest absolute Gasteiger partial charge is 0.288 e. The fourth-order valence-corrected chi connectivity index (χ4v) is 2.32. The van der Waals surface area contributed by atoms with Crippen LogP contribution in [-0.2, 0) is 0 Å². The van der Waals surface area contributed by atoms with Gasteiger partial charge in [0, 0.05) is 4.48 Å². The zero-order valence-corrected chi connectivity index (χ0v) is 13.0. The number of nitrogens with zero attached hydrogens (tertiary/aromatic N) is 1.